The van der Waals surface area contributed by atoms with Gasteiger partial charge in [-0.3, -0.25) is 9.32 Å². The maximum Gasteiger partial charge on any atom is 0.469 e. The van der Waals surface area contributed by atoms with Gasteiger partial charge >= 0.3 is 18.0 Å². The summed E-state index contributed by atoms with van der Waals surface area (Å²) in [5.74, 6) is -0.561. The van der Waals surface area contributed by atoms with E-state index in [4.69, 9.17) is 9.79 Å². The Kier molecular flexibility index (Phi) is 6.56. The molecule has 0 aliphatic carbocycles. The number of phosphoric ester groups is 1. The predicted molar refractivity (Wildman–Crippen MR) is 76.3 cm³/mol. The van der Waals surface area contributed by atoms with Crippen LogP contribution in [0.1, 0.15) is 27.7 Å². The van der Waals surface area contributed by atoms with Crippen LogP contribution >= 0.6 is 7.82 Å². The average molecular weight is 346 g/mol. The molecule has 0 radical (unpaired) electrons. The van der Waals surface area contributed by atoms with Crippen LogP contribution in [-0.4, -0.2) is 48.1 Å². The minimum atomic E-state index is -4.15. The summed E-state index contributed by atoms with van der Waals surface area (Å²) >= 11 is 0. The minimum absolute atomic E-state index is 0.0697. The molecule has 0 atom stereocenters. The zero-order valence-corrected chi connectivity index (χ0v) is 14.6. The zero-order chi connectivity index (χ0) is 17.2. The van der Waals surface area contributed by atoms with Gasteiger partial charge < -0.3 is 9.79 Å². The number of nitrogens with zero attached hydrogens (tertiary/aromatic N) is 1. The molecule has 0 aromatic carbocycles. The SMILES string of the molecule is CC(C)C1(C(C)C)C(=O)NS(=O)(=O)N1C.COP(=O)(O)O. The second-order valence-electron chi connectivity index (χ2n) is 5.21. The molecule has 0 unspecified atom stereocenters. The monoisotopic (exact) mass is 346 g/mol. The number of carbonyl (C=O) groups is 1. The Hall–Kier alpha value is -0.510. The standard InChI is InChI=1S/C9H18N2O3S.CH5O4P/c1-6(2)9(7(3)4)8(12)10-15(13,14)11(9)5;1-5-6(2,3)4/h6-7H,1-5H3,(H,10,12);1H3,(H2,2,3,4). The molecule has 0 saturated carbocycles. The first kappa shape index (κ1) is 20.5. The first-order valence-corrected chi connectivity index (χ1v) is 9.13. The molecule has 1 aliphatic rings. The molecule has 1 fully saturated rings. The second-order valence-corrected chi connectivity index (χ2v) is 8.26. The molecular formula is C10H23N2O7PS. The van der Waals surface area contributed by atoms with Crippen molar-refractivity contribution in [2.45, 2.75) is 33.2 Å². The summed E-state index contributed by atoms with van der Waals surface area (Å²) in [6, 6.07) is 0. The van der Waals surface area contributed by atoms with Crippen molar-refractivity contribution >= 4 is 23.9 Å². The third-order valence-corrected chi connectivity index (χ3v) is 5.41. The summed E-state index contributed by atoms with van der Waals surface area (Å²) in [4.78, 5) is 27.3. The van der Waals surface area contributed by atoms with Gasteiger partial charge in [0.25, 0.3) is 5.91 Å². The van der Waals surface area contributed by atoms with E-state index in [1.807, 2.05) is 27.7 Å². The Bertz CT molecular complexity index is 518. The largest absolute Gasteiger partial charge is 0.469 e. The van der Waals surface area contributed by atoms with Gasteiger partial charge in [-0.1, -0.05) is 27.7 Å². The van der Waals surface area contributed by atoms with E-state index in [0.29, 0.717) is 0 Å². The van der Waals surface area contributed by atoms with E-state index in [1.165, 1.54) is 7.05 Å². The lowest BCUT2D eigenvalue weighted by atomic mass is 9.76. The average Bonchev–Trinajstić information content (AvgIpc) is 2.45. The van der Waals surface area contributed by atoms with Crippen molar-refractivity contribution in [3.05, 3.63) is 0 Å². The van der Waals surface area contributed by atoms with E-state index in [0.717, 1.165) is 11.4 Å². The first-order chi connectivity index (χ1) is 9.23. The van der Waals surface area contributed by atoms with Crippen molar-refractivity contribution in [1.82, 2.24) is 9.03 Å². The quantitative estimate of drug-likeness (QED) is 0.616. The van der Waals surface area contributed by atoms with Gasteiger partial charge in [0, 0.05) is 14.2 Å². The Balaban J connectivity index is 0.000000567. The number of nitrogens with one attached hydrogen (secondary N) is 1. The highest BCUT2D eigenvalue weighted by Gasteiger charge is 2.58. The molecule has 3 N–H and O–H groups in total. The Morgan fingerprint density at radius 3 is 1.67 bits per heavy atom. The number of likely N-dealkylation sites (N-methyl/N-ethyl adjacent to an activating group) is 1. The Labute approximate surface area is 125 Å². The molecule has 1 rings (SSSR count). The molecule has 1 amide bonds. The fourth-order valence-electron chi connectivity index (χ4n) is 2.53. The molecule has 1 aliphatic heterocycles. The van der Waals surface area contributed by atoms with Crippen LogP contribution in [0.15, 0.2) is 0 Å². The Morgan fingerprint density at radius 1 is 1.24 bits per heavy atom. The van der Waals surface area contributed by atoms with Crippen LogP contribution in [0.25, 0.3) is 0 Å². The Morgan fingerprint density at radius 2 is 1.57 bits per heavy atom. The highest BCUT2D eigenvalue weighted by molar-refractivity contribution is 7.88. The smallest absolute Gasteiger partial charge is 0.303 e. The number of phosphoric acid groups is 1. The van der Waals surface area contributed by atoms with Crippen LogP contribution in [0, 0.1) is 11.8 Å². The third kappa shape index (κ3) is 4.24. The van der Waals surface area contributed by atoms with Crippen LogP contribution in [0.5, 0.6) is 0 Å². The van der Waals surface area contributed by atoms with Gasteiger partial charge in [0.2, 0.25) is 0 Å². The summed E-state index contributed by atoms with van der Waals surface area (Å²) in [6.07, 6.45) is 0. The zero-order valence-electron chi connectivity index (χ0n) is 12.9. The normalized spacial score (nSPS) is 21.1. The van der Waals surface area contributed by atoms with Crippen LogP contribution in [-0.2, 0) is 24.1 Å². The summed E-state index contributed by atoms with van der Waals surface area (Å²) in [7, 11) is -5.39. The summed E-state index contributed by atoms with van der Waals surface area (Å²) in [5, 5.41) is 0. The molecule has 21 heavy (non-hydrogen) atoms. The fraction of sp³-hybridized carbons (Fsp3) is 0.900. The van der Waals surface area contributed by atoms with Gasteiger partial charge in [-0.15, -0.1) is 0 Å². The summed E-state index contributed by atoms with van der Waals surface area (Å²) in [6.45, 7) is 7.43. The maximum atomic E-state index is 11.9. The van der Waals surface area contributed by atoms with Gasteiger partial charge in [0.1, 0.15) is 5.54 Å². The van der Waals surface area contributed by atoms with E-state index in [9.17, 15) is 17.8 Å². The van der Waals surface area contributed by atoms with Crippen molar-refractivity contribution in [3.63, 3.8) is 0 Å². The van der Waals surface area contributed by atoms with Crippen molar-refractivity contribution in [2.75, 3.05) is 14.2 Å². The van der Waals surface area contributed by atoms with Crippen LogP contribution in [0.4, 0.5) is 0 Å². The van der Waals surface area contributed by atoms with Gasteiger partial charge in [-0.2, -0.15) is 12.7 Å². The van der Waals surface area contributed by atoms with Crippen molar-refractivity contribution < 1.29 is 32.1 Å². The van der Waals surface area contributed by atoms with Crippen LogP contribution < -0.4 is 4.72 Å². The lowest BCUT2D eigenvalue weighted by Crippen LogP contribution is -2.56. The molecule has 126 valence electrons. The molecule has 0 aromatic heterocycles. The van der Waals surface area contributed by atoms with E-state index in [1.54, 1.807) is 0 Å². The van der Waals surface area contributed by atoms with Gasteiger partial charge in [0.05, 0.1) is 0 Å². The van der Waals surface area contributed by atoms with Crippen LogP contribution in [0.2, 0.25) is 0 Å². The van der Waals surface area contributed by atoms with E-state index < -0.39 is 29.5 Å². The topological polar surface area (TPSA) is 133 Å². The minimum Gasteiger partial charge on any atom is -0.303 e. The molecule has 0 spiro atoms. The lowest BCUT2D eigenvalue weighted by Gasteiger charge is -2.38. The molecule has 11 heteroatoms. The third-order valence-electron chi connectivity index (χ3n) is 3.47. The highest BCUT2D eigenvalue weighted by Crippen LogP contribution is 2.37. The van der Waals surface area contributed by atoms with Crippen LogP contribution in [0.3, 0.4) is 0 Å². The molecule has 1 heterocycles. The maximum absolute atomic E-state index is 11.9. The highest BCUT2D eigenvalue weighted by atomic mass is 32.2. The van der Waals surface area contributed by atoms with Crippen molar-refractivity contribution in [1.29, 1.82) is 0 Å². The first-order valence-electron chi connectivity index (χ1n) is 6.16. The number of carbonyl (C=O) groups excluding carboxylic acids is 1. The molecule has 1 saturated heterocycles. The number of rotatable bonds is 3. The number of hydrogen-bond acceptors (Lipinski definition) is 5. The van der Waals surface area contributed by atoms with Crippen molar-refractivity contribution in [2.24, 2.45) is 11.8 Å². The number of hydrogen-bond donors (Lipinski definition) is 3. The number of amides is 1. The second kappa shape index (κ2) is 6.72. The molecular weight excluding hydrogens is 323 g/mol. The summed E-state index contributed by atoms with van der Waals surface area (Å²) < 4.78 is 39.5. The van der Waals surface area contributed by atoms with Gasteiger partial charge in [0.15, 0.2) is 0 Å². The van der Waals surface area contributed by atoms with E-state index in [2.05, 4.69) is 9.25 Å². The fourth-order valence-corrected chi connectivity index (χ4v) is 3.96. The van der Waals surface area contributed by atoms with Gasteiger partial charge in [-0.25, -0.2) is 9.29 Å². The molecule has 0 aromatic rings. The van der Waals surface area contributed by atoms with Crippen molar-refractivity contribution in [3.8, 4) is 0 Å². The van der Waals surface area contributed by atoms with Gasteiger partial charge in [-0.05, 0) is 11.8 Å². The van der Waals surface area contributed by atoms with E-state index >= 15 is 0 Å². The van der Waals surface area contributed by atoms with E-state index in [-0.39, 0.29) is 11.8 Å². The molecule has 9 nitrogen and oxygen atoms in total. The molecule has 0 bridgehead atoms. The predicted octanol–water partition coefficient (Wildman–Crippen LogP) is 0.0691. The lowest BCUT2D eigenvalue weighted by molar-refractivity contribution is -0.130. The summed E-state index contributed by atoms with van der Waals surface area (Å²) in [5.41, 5.74) is -0.959.